The summed E-state index contributed by atoms with van der Waals surface area (Å²) in [6.45, 7) is 0.199. The fourth-order valence-electron chi connectivity index (χ4n) is 2.19. The number of aliphatic hydroxyl groups excluding tert-OH is 1. The third kappa shape index (κ3) is 3.24. The molecule has 1 aromatic carbocycles. The molecule has 0 aliphatic carbocycles. The summed E-state index contributed by atoms with van der Waals surface area (Å²) in [4.78, 5) is 23.2. The van der Waals surface area contributed by atoms with Gasteiger partial charge < -0.3 is 9.84 Å². The first-order valence-corrected chi connectivity index (χ1v) is 6.53. The summed E-state index contributed by atoms with van der Waals surface area (Å²) in [5.74, 6) is 0. The molecule has 0 aliphatic heterocycles. The van der Waals surface area contributed by atoms with Crippen molar-refractivity contribution in [1.29, 1.82) is 0 Å². The molecule has 0 radical (unpaired) electrons. The van der Waals surface area contributed by atoms with E-state index in [2.05, 4.69) is 0 Å². The van der Waals surface area contributed by atoms with Gasteiger partial charge in [0, 0.05) is 59.7 Å². The molecule has 6 heteroatoms. The van der Waals surface area contributed by atoms with Gasteiger partial charge in [0.2, 0.25) is 0 Å². The number of nitroso groups, excluding NO2 is 1. The highest BCUT2D eigenvalue weighted by Gasteiger charge is 2.12. The van der Waals surface area contributed by atoms with Gasteiger partial charge in [0.05, 0.1) is 12.3 Å². The van der Waals surface area contributed by atoms with E-state index in [0.717, 1.165) is 5.56 Å². The summed E-state index contributed by atoms with van der Waals surface area (Å²) >= 11 is 0. The molecular formula is C15H17N2O4+. The van der Waals surface area contributed by atoms with Crippen LogP contribution < -0.4 is 10.7 Å². The Kier molecular flexibility index (Phi) is 4.97. The molecule has 0 fully saturated rings. The third-order valence-electron chi connectivity index (χ3n) is 3.16. The van der Waals surface area contributed by atoms with E-state index in [0.29, 0.717) is 23.4 Å². The number of benzene rings is 1. The van der Waals surface area contributed by atoms with Gasteiger partial charge in [0.15, 0.2) is 0 Å². The van der Waals surface area contributed by atoms with Crippen LogP contribution >= 0.6 is 0 Å². The van der Waals surface area contributed by atoms with Gasteiger partial charge in [-0.2, -0.15) is 0 Å². The van der Waals surface area contributed by atoms with Gasteiger partial charge in [-0.15, -0.1) is 0 Å². The molecule has 0 spiro atoms. The van der Waals surface area contributed by atoms with Crippen LogP contribution in [0.2, 0.25) is 0 Å². The molecule has 110 valence electrons. The van der Waals surface area contributed by atoms with Crippen LogP contribution in [0.3, 0.4) is 0 Å². The molecule has 0 saturated carbocycles. The third-order valence-corrected chi connectivity index (χ3v) is 3.16. The Morgan fingerprint density at radius 1 is 1.29 bits per heavy atom. The van der Waals surface area contributed by atoms with Crippen molar-refractivity contribution in [2.75, 3.05) is 13.7 Å². The van der Waals surface area contributed by atoms with Crippen molar-refractivity contribution >= 4 is 5.69 Å². The number of hydrogen-bond acceptors (Lipinski definition) is 4. The van der Waals surface area contributed by atoms with E-state index in [1.807, 2.05) is 5.18 Å². The van der Waals surface area contributed by atoms with E-state index in [9.17, 15) is 9.70 Å². The van der Waals surface area contributed by atoms with Gasteiger partial charge in [-0.05, 0) is 12.1 Å². The second-order valence-corrected chi connectivity index (χ2v) is 4.56. The van der Waals surface area contributed by atoms with Crippen molar-refractivity contribution in [2.45, 2.75) is 13.0 Å². The molecule has 1 heterocycles. The van der Waals surface area contributed by atoms with Crippen molar-refractivity contribution in [3.63, 3.8) is 0 Å². The first-order valence-electron chi connectivity index (χ1n) is 6.53. The van der Waals surface area contributed by atoms with E-state index >= 15 is 0 Å². The highest BCUT2D eigenvalue weighted by molar-refractivity contribution is 5.48. The molecule has 2 aromatic rings. The number of nitrogens with one attached hydrogen (secondary N) is 1. The Hall–Kier alpha value is -2.31. The van der Waals surface area contributed by atoms with E-state index < -0.39 is 0 Å². The zero-order chi connectivity index (χ0) is 15.2. The molecule has 0 atom stereocenters. The summed E-state index contributed by atoms with van der Waals surface area (Å²) in [7, 11) is 1.55. The van der Waals surface area contributed by atoms with Crippen LogP contribution in [0.5, 0.6) is 0 Å². The Morgan fingerprint density at radius 3 is 2.76 bits per heavy atom. The summed E-state index contributed by atoms with van der Waals surface area (Å²) in [5, 5.41) is 10.8. The fourth-order valence-corrected chi connectivity index (χ4v) is 2.19. The number of aromatic nitrogens is 1. The Bertz CT molecular complexity index is 694. The number of ether oxygens (including phenoxy) is 1. The van der Waals surface area contributed by atoms with Gasteiger partial charge in [-0.25, -0.2) is 0 Å². The highest BCUT2D eigenvalue weighted by Crippen LogP contribution is 2.17. The summed E-state index contributed by atoms with van der Waals surface area (Å²) in [5.41, 5.74) is 2.13. The molecule has 1 aromatic heterocycles. The van der Waals surface area contributed by atoms with Crippen LogP contribution in [0.15, 0.2) is 41.3 Å². The maximum Gasteiger partial charge on any atom is 0.258 e. The number of pyridine rings is 1. The first-order chi connectivity index (χ1) is 10.2. The highest BCUT2D eigenvalue weighted by atomic mass is 16.5. The Balaban J connectivity index is 2.58. The fraction of sp³-hybridized carbons (Fsp3) is 0.267. The average Bonchev–Trinajstić information content (AvgIpc) is 2.50. The van der Waals surface area contributed by atoms with Crippen LogP contribution in [0.25, 0.3) is 5.69 Å². The van der Waals surface area contributed by atoms with Crippen LogP contribution in [0, 0.1) is 4.91 Å². The number of rotatable bonds is 6. The van der Waals surface area contributed by atoms with E-state index in [4.69, 9.17) is 9.84 Å². The van der Waals surface area contributed by atoms with Crippen molar-refractivity contribution in [3.8, 4) is 5.69 Å². The molecular weight excluding hydrogens is 272 g/mol. The number of hydrogen-bond donors (Lipinski definition) is 2. The lowest BCUT2D eigenvalue weighted by Gasteiger charge is -2.12. The largest absolute Gasteiger partial charge is 0.396 e. The lowest BCUT2D eigenvalue weighted by molar-refractivity contribution is -0.379. The second-order valence-electron chi connectivity index (χ2n) is 4.56. The monoisotopic (exact) mass is 289 g/mol. The summed E-state index contributed by atoms with van der Waals surface area (Å²) < 4.78 is 6.62. The SMILES string of the molecule is COCc1cc([NH+]=O)ccc1-n1cccc(CCO)c1=O. The standard InChI is InChI=1S/C15H16N2O4/c1-21-10-12-9-13(16-20)4-5-14(12)17-7-2-3-11(6-8-18)15(17)19/h2-5,7,9,18H,6,8,10H2,1H3/p+1. The first kappa shape index (κ1) is 15.1. The predicted octanol–water partition coefficient (Wildman–Crippen LogP) is -0.00280. The molecule has 0 amide bonds. The van der Waals surface area contributed by atoms with Crippen LogP contribution in [0.4, 0.5) is 5.69 Å². The maximum absolute atomic E-state index is 12.4. The van der Waals surface area contributed by atoms with Crippen molar-refractivity contribution in [3.05, 3.63) is 62.9 Å². The molecule has 2 N–H and O–H groups in total. The van der Waals surface area contributed by atoms with Crippen LogP contribution in [-0.4, -0.2) is 23.4 Å². The molecule has 0 unspecified atom stereocenters. The second kappa shape index (κ2) is 6.92. The molecule has 0 bridgehead atoms. The molecule has 21 heavy (non-hydrogen) atoms. The zero-order valence-corrected chi connectivity index (χ0v) is 11.7. The van der Waals surface area contributed by atoms with Gasteiger partial charge in [0.1, 0.15) is 0 Å². The Morgan fingerprint density at radius 2 is 2.10 bits per heavy atom. The topological polar surface area (TPSA) is 82.5 Å². The van der Waals surface area contributed by atoms with E-state index in [-0.39, 0.29) is 18.8 Å². The lowest BCUT2D eigenvalue weighted by atomic mass is 10.1. The van der Waals surface area contributed by atoms with Crippen LogP contribution in [0.1, 0.15) is 11.1 Å². The van der Waals surface area contributed by atoms with Gasteiger partial charge in [-0.1, -0.05) is 6.07 Å². The van der Waals surface area contributed by atoms with E-state index in [1.165, 1.54) is 4.57 Å². The molecule has 6 nitrogen and oxygen atoms in total. The maximum atomic E-state index is 12.4. The van der Waals surface area contributed by atoms with Gasteiger partial charge in [-0.3, -0.25) is 9.36 Å². The Labute approximate surface area is 121 Å². The zero-order valence-electron chi connectivity index (χ0n) is 11.7. The van der Waals surface area contributed by atoms with Gasteiger partial charge >= 0.3 is 0 Å². The number of aliphatic hydroxyl groups is 1. The quantitative estimate of drug-likeness (QED) is 0.784. The van der Waals surface area contributed by atoms with Crippen molar-refractivity contribution in [1.82, 2.24) is 4.57 Å². The molecule has 2 rings (SSSR count). The number of methoxy groups -OCH3 is 1. The molecule has 0 saturated heterocycles. The average molecular weight is 289 g/mol. The molecule has 0 aliphatic rings. The lowest BCUT2D eigenvalue weighted by Crippen LogP contribution is -2.55. The van der Waals surface area contributed by atoms with Crippen molar-refractivity contribution in [2.24, 2.45) is 0 Å². The smallest absolute Gasteiger partial charge is 0.258 e. The minimum absolute atomic E-state index is 0.0801. The van der Waals surface area contributed by atoms with Crippen LogP contribution in [-0.2, 0) is 17.8 Å². The van der Waals surface area contributed by atoms with Crippen molar-refractivity contribution < 1.29 is 15.0 Å². The van der Waals surface area contributed by atoms with Gasteiger partial charge in [0.25, 0.3) is 11.2 Å². The number of nitrogens with zero attached hydrogens (tertiary/aromatic N) is 1. The summed E-state index contributed by atoms with van der Waals surface area (Å²) in [6, 6.07) is 8.39. The predicted molar refractivity (Wildman–Crippen MR) is 77.5 cm³/mol. The summed E-state index contributed by atoms with van der Waals surface area (Å²) in [6.07, 6.45) is 1.96. The van der Waals surface area contributed by atoms with E-state index in [1.54, 1.807) is 43.6 Å². The minimum atomic E-state index is -0.188. The normalized spacial score (nSPS) is 10.6. The minimum Gasteiger partial charge on any atom is -0.396 e.